The Hall–Kier alpha value is -0.620. The fourth-order valence-electron chi connectivity index (χ4n) is 2.57. The predicted octanol–water partition coefficient (Wildman–Crippen LogP) is 2.42. The molecule has 0 spiro atoms. The average molecular weight is 377 g/mol. The number of amides is 1. The van der Waals surface area contributed by atoms with Crippen LogP contribution in [0.5, 0.6) is 0 Å². The molecule has 4 nitrogen and oxygen atoms in total. The summed E-state index contributed by atoms with van der Waals surface area (Å²) in [4.78, 5) is 16.1. The minimum Gasteiger partial charge on any atom is -0.339 e. The Bertz CT molecular complexity index is 458. The molecule has 0 bridgehead atoms. The zero-order chi connectivity index (χ0) is 14.7. The lowest BCUT2D eigenvalue weighted by atomic mass is 10.1. The molecule has 0 aromatic heterocycles. The Kier molecular flexibility index (Phi) is 7.13. The number of nitrogens with two attached hydrogens (primary N) is 1. The molecule has 0 saturated carbocycles. The van der Waals surface area contributed by atoms with Crippen molar-refractivity contribution in [1.82, 2.24) is 9.80 Å². The minimum atomic E-state index is -0.398. The Labute approximate surface area is 141 Å². The Balaban J connectivity index is 0.00000220. The van der Waals surface area contributed by atoms with Crippen LogP contribution >= 0.6 is 28.3 Å². The second-order valence-corrected chi connectivity index (χ2v) is 6.29. The van der Waals surface area contributed by atoms with Crippen molar-refractivity contribution < 1.29 is 4.79 Å². The molecule has 2 N–H and O–H groups in total. The van der Waals surface area contributed by atoms with Gasteiger partial charge in [0.1, 0.15) is 0 Å². The molecule has 2 atom stereocenters. The molecule has 118 valence electrons. The Morgan fingerprint density at radius 3 is 2.14 bits per heavy atom. The number of rotatable bonds is 3. The molecule has 0 radical (unpaired) electrons. The molecule has 2 unspecified atom stereocenters. The molecule has 1 aliphatic rings. The maximum Gasteiger partial charge on any atom is 0.239 e. The van der Waals surface area contributed by atoms with Crippen molar-refractivity contribution >= 4 is 34.2 Å². The molecule has 2 rings (SSSR count). The van der Waals surface area contributed by atoms with Crippen molar-refractivity contribution in [2.24, 2.45) is 5.73 Å². The molecule has 6 heteroatoms. The van der Waals surface area contributed by atoms with Gasteiger partial charge in [0.2, 0.25) is 5.91 Å². The van der Waals surface area contributed by atoms with Gasteiger partial charge in [0.05, 0.1) is 6.04 Å². The third-order valence-electron chi connectivity index (χ3n) is 3.92. The summed E-state index contributed by atoms with van der Waals surface area (Å²) >= 11 is 3.46. The number of hydrogen-bond donors (Lipinski definition) is 1. The lowest BCUT2D eigenvalue weighted by Gasteiger charge is -2.38. The van der Waals surface area contributed by atoms with Crippen molar-refractivity contribution in [3.63, 3.8) is 0 Å². The van der Waals surface area contributed by atoms with Crippen LogP contribution in [-0.2, 0) is 4.79 Å². The van der Waals surface area contributed by atoms with Gasteiger partial charge in [-0.15, -0.1) is 12.4 Å². The minimum absolute atomic E-state index is 0. The van der Waals surface area contributed by atoms with Crippen LogP contribution in [-0.4, -0.2) is 47.9 Å². The summed E-state index contributed by atoms with van der Waals surface area (Å²) in [6.45, 7) is 7.29. The first-order valence-electron chi connectivity index (χ1n) is 7.03. The lowest BCUT2D eigenvalue weighted by molar-refractivity contribution is -0.134. The van der Waals surface area contributed by atoms with E-state index in [0.717, 1.165) is 30.7 Å². The van der Waals surface area contributed by atoms with E-state index in [1.54, 1.807) is 6.92 Å². The lowest BCUT2D eigenvalue weighted by Crippen LogP contribution is -2.52. The number of benzene rings is 1. The number of piperazine rings is 1. The smallest absolute Gasteiger partial charge is 0.239 e. The van der Waals surface area contributed by atoms with Crippen molar-refractivity contribution in [1.29, 1.82) is 0 Å². The van der Waals surface area contributed by atoms with Gasteiger partial charge in [-0.05, 0) is 31.5 Å². The first kappa shape index (κ1) is 18.4. The first-order chi connectivity index (χ1) is 9.49. The van der Waals surface area contributed by atoms with E-state index < -0.39 is 6.04 Å². The van der Waals surface area contributed by atoms with Gasteiger partial charge in [-0.1, -0.05) is 28.1 Å². The summed E-state index contributed by atoms with van der Waals surface area (Å²) in [6, 6.07) is 8.41. The molecule has 0 aliphatic carbocycles. The fourth-order valence-corrected chi connectivity index (χ4v) is 2.83. The van der Waals surface area contributed by atoms with Crippen molar-refractivity contribution in [2.75, 3.05) is 26.2 Å². The van der Waals surface area contributed by atoms with E-state index in [-0.39, 0.29) is 18.3 Å². The Morgan fingerprint density at radius 1 is 1.14 bits per heavy atom. The summed E-state index contributed by atoms with van der Waals surface area (Å²) < 4.78 is 1.10. The van der Waals surface area contributed by atoms with E-state index in [1.165, 1.54) is 5.56 Å². The van der Waals surface area contributed by atoms with Crippen LogP contribution in [0.2, 0.25) is 0 Å². The van der Waals surface area contributed by atoms with Gasteiger partial charge in [0.15, 0.2) is 0 Å². The molecule has 1 aliphatic heterocycles. The standard InChI is InChI=1S/C15H22BrN3O.ClH/c1-11(17)15(20)19-9-7-18(8-10-19)12(2)13-3-5-14(16)6-4-13;/h3-6,11-12H,7-10,17H2,1-2H3;1H. The third-order valence-corrected chi connectivity index (χ3v) is 4.44. The summed E-state index contributed by atoms with van der Waals surface area (Å²) in [5.41, 5.74) is 6.96. The van der Waals surface area contributed by atoms with E-state index in [0.29, 0.717) is 6.04 Å². The number of nitrogens with zero attached hydrogens (tertiary/aromatic N) is 2. The molecule has 1 amide bonds. The molecule has 1 aromatic rings. The molecular formula is C15H23BrClN3O. The maximum absolute atomic E-state index is 11.9. The van der Waals surface area contributed by atoms with Gasteiger partial charge in [0.25, 0.3) is 0 Å². The molecule has 1 heterocycles. The summed E-state index contributed by atoms with van der Waals surface area (Å²) in [7, 11) is 0. The first-order valence-corrected chi connectivity index (χ1v) is 7.82. The largest absolute Gasteiger partial charge is 0.339 e. The van der Waals surface area contributed by atoms with E-state index in [9.17, 15) is 4.79 Å². The predicted molar refractivity (Wildman–Crippen MR) is 91.6 cm³/mol. The van der Waals surface area contributed by atoms with Crippen LogP contribution in [0, 0.1) is 0 Å². The maximum atomic E-state index is 11.9. The third kappa shape index (κ3) is 4.68. The molecule has 1 fully saturated rings. The second-order valence-electron chi connectivity index (χ2n) is 5.38. The normalized spacial score (nSPS) is 18.8. The number of hydrogen-bond acceptors (Lipinski definition) is 3. The highest BCUT2D eigenvalue weighted by Gasteiger charge is 2.25. The van der Waals surface area contributed by atoms with Crippen LogP contribution in [0.3, 0.4) is 0 Å². The zero-order valence-corrected chi connectivity index (χ0v) is 14.9. The van der Waals surface area contributed by atoms with Crippen LogP contribution in [0.1, 0.15) is 25.5 Å². The van der Waals surface area contributed by atoms with Gasteiger partial charge in [-0.2, -0.15) is 0 Å². The summed E-state index contributed by atoms with van der Waals surface area (Å²) in [5, 5.41) is 0. The van der Waals surface area contributed by atoms with Gasteiger partial charge in [-0.25, -0.2) is 0 Å². The van der Waals surface area contributed by atoms with Gasteiger partial charge >= 0.3 is 0 Å². The Morgan fingerprint density at radius 2 is 1.67 bits per heavy atom. The number of carbonyl (C=O) groups excluding carboxylic acids is 1. The molecule has 1 saturated heterocycles. The quantitative estimate of drug-likeness (QED) is 0.881. The van der Waals surface area contributed by atoms with Crippen molar-refractivity contribution in [3.05, 3.63) is 34.3 Å². The topological polar surface area (TPSA) is 49.6 Å². The van der Waals surface area contributed by atoms with Gasteiger partial charge in [0, 0.05) is 36.7 Å². The molecule has 1 aromatic carbocycles. The fraction of sp³-hybridized carbons (Fsp3) is 0.533. The average Bonchev–Trinajstić information content (AvgIpc) is 2.46. The van der Waals surface area contributed by atoms with E-state index in [1.807, 2.05) is 4.90 Å². The van der Waals surface area contributed by atoms with E-state index >= 15 is 0 Å². The van der Waals surface area contributed by atoms with Crippen molar-refractivity contribution in [3.8, 4) is 0 Å². The van der Waals surface area contributed by atoms with Gasteiger partial charge in [-0.3, -0.25) is 9.69 Å². The van der Waals surface area contributed by atoms with E-state index in [4.69, 9.17) is 5.73 Å². The molecule has 21 heavy (non-hydrogen) atoms. The molecular weight excluding hydrogens is 354 g/mol. The van der Waals surface area contributed by atoms with Crippen LogP contribution < -0.4 is 5.73 Å². The highest BCUT2D eigenvalue weighted by molar-refractivity contribution is 9.10. The summed E-state index contributed by atoms with van der Waals surface area (Å²) in [6.07, 6.45) is 0. The highest BCUT2D eigenvalue weighted by atomic mass is 79.9. The second kappa shape index (κ2) is 8.13. The number of halogens is 2. The van der Waals surface area contributed by atoms with E-state index in [2.05, 4.69) is 52.0 Å². The SMILES string of the molecule is CC(N)C(=O)N1CCN(C(C)c2ccc(Br)cc2)CC1.Cl. The van der Waals surface area contributed by atoms with Crippen molar-refractivity contribution in [2.45, 2.75) is 25.9 Å². The van der Waals surface area contributed by atoms with Crippen LogP contribution in [0.15, 0.2) is 28.7 Å². The highest BCUT2D eigenvalue weighted by Crippen LogP contribution is 2.23. The van der Waals surface area contributed by atoms with Gasteiger partial charge < -0.3 is 10.6 Å². The number of carbonyl (C=O) groups is 1. The van der Waals surface area contributed by atoms with Crippen LogP contribution in [0.25, 0.3) is 0 Å². The van der Waals surface area contributed by atoms with Crippen LogP contribution in [0.4, 0.5) is 0 Å². The summed E-state index contributed by atoms with van der Waals surface area (Å²) in [5.74, 6) is 0.0564. The monoisotopic (exact) mass is 375 g/mol. The zero-order valence-electron chi connectivity index (χ0n) is 12.5.